The number of hydrogen-bond donors (Lipinski definition) is 1. The Hall–Kier alpha value is -4.10. The van der Waals surface area contributed by atoms with Crippen LogP contribution in [0.5, 0.6) is 0 Å². The quantitative estimate of drug-likeness (QED) is 0.280. The van der Waals surface area contributed by atoms with E-state index < -0.39 is 15.9 Å². The molecule has 0 bridgehead atoms. The minimum absolute atomic E-state index is 0.142. The van der Waals surface area contributed by atoms with Gasteiger partial charge >= 0.3 is 0 Å². The van der Waals surface area contributed by atoms with E-state index in [2.05, 4.69) is 28.9 Å². The normalized spacial score (nSPS) is 11.6. The Bertz CT molecular complexity index is 1720. The molecule has 0 aliphatic rings. The van der Waals surface area contributed by atoms with E-state index in [-0.39, 0.29) is 11.4 Å². The smallest absolute Gasteiger partial charge is 0.264 e. The van der Waals surface area contributed by atoms with Gasteiger partial charge in [0.1, 0.15) is 6.54 Å². The highest BCUT2D eigenvalue weighted by molar-refractivity contribution is 7.92. The Morgan fingerprint density at radius 1 is 0.838 bits per heavy atom. The van der Waals surface area contributed by atoms with Gasteiger partial charge in [-0.05, 0) is 68.8 Å². The van der Waals surface area contributed by atoms with Crippen molar-refractivity contribution in [3.05, 3.63) is 102 Å². The number of nitrogens with one attached hydrogen (secondary N) is 1. The maximum absolute atomic E-state index is 13.7. The molecule has 0 atom stereocenters. The summed E-state index contributed by atoms with van der Waals surface area (Å²) in [7, 11) is -3.98. The molecule has 1 N–H and O–H groups in total. The van der Waals surface area contributed by atoms with Crippen molar-refractivity contribution in [3.63, 3.8) is 0 Å². The molecule has 0 saturated heterocycles. The van der Waals surface area contributed by atoms with Gasteiger partial charge in [-0.3, -0.25) is 9.10 Å². The third-order valence-electron chi connectivity index (χ3n) is 6.65. The summed E-state index contributed by atoms with van der Waals surface area (Å²) < 4.78 is 30.8. The Morgan fingerprint density at radius 3 is 2.24 bits per heavy atom. The van der Waals surface area contributed by atoms with Crippen LogP contribution in [-0.4, -0.2) is 25.4 Å². The molecule has 0 aliphatic carbocycles. The van der Waals surface area contributed by atoms with E-state index in [1.54, 1.807) is 36.4 Å². The molecule has 0 aliphatic heterocycles. The summed E-state index contributed by atoms with van der Waals surface area (Å²) in [6.07, 6.45) is 0. The van der Waals surface area contributed by atoms with Crippen molar-refractivity contribution < 1.29 is 13.2 Å². The lowest BCUT2D eigenvalue weighted by molar-refractivity contribution is -0.114. The molecule has 0 radical (unpaired) electrons. The fourth-order valence-electron chi connectivity index (χ4n) is 4.78. The Kier molecular flexibility index (Phi) is 6.48. The number of hydrogen-bond acceptors (Lipinski definition) is 3. The second-order valence-corrected chi connectivity index (χ2v) is 11.0. The third kappa shape index (κ3) is 4.58. The molecule has 7 heteroatoms. The number of aryl methyl sites for hydroxylation is 3. The van der Waals surface area contributed by atoms with Crippen LogP contribution in [0.2, 0.25) is 0 Å². The molecule has 4 aromatic carbocycles. The summed E-state index contributed by atoms with van der Waals surface area (Å²) >= 11 is 0. The maximum atomic E-state index is 13.7. The predicted octanol–water partition coefficient (Wildman–Crippen LogP) is 6.27. The second-order valence-electron chi connectivity index (χ2n) is 9.15. The number of amides is 1. The van der Waals surface area contributed by atoms with Crippen LogP contribution in [0.3, 0.4) is 0 Å². The van der Waals surface area contributed by atoms with Crippen LogP contribution in [-0.2, 0) is 21.4 Å². The standard InChI is InChI=1S/C30H29N3O3S/c1-4-32-28-12-8-6-10-25(28)26-19-23(15-18-29(26)32)31-30(34)20-33(27-11-7-5-9-22(27)3)37(35,36)24-16-13-21(2)14-17-24/h5-19H,4,20H2,1-3H3,(H,31,34). The molecular weight excluding hydrogens is 482 g/mol. The van der Waals surface area contributed by atoms with Crippen LogP contribution in [0.25, 0.3) is 21.8 Å². The van der Waals surface area contributed by atoms with Crippen LogP contribution < -0.4 is 9.62 Å². The fraction of sp³-hybridized carbons (Fsp3) is 0.167. The zero-order valence-electron chi connectivity index (χ0n) is 21.1. The van der Waals surface area contributed by atoms with E-state index in [0.717, 1.165) is 39.5 Å². The van der Waals surface area contributed by atoms with Crippen LogP contribution in [0.15, 0.2) is 95.9 Å². The molecule has 37 heavy (non-hydrogen) atoms. The summed E-state index contributed by atoms with van der Waals surface area (Å²) in [4.78, 5) is 13.4. The van der Waals surface area contributed by atoms with Crippen LogP contribution >= 0.6 is 0 Å². The van der Waals surface area contributed by atoms with Gasteiger partial charge < -0.3 is 9.88 Å². The molecule has 1 amide bonds. The predicted molar refractivity (Wildman–Crippen MR) is 151 cm³/mol. The van der Waals surface area contributed by atoms with Crippen molar-refractivity contribution >= 4 is 49.1 Å². The van der Waals surface area contributed by atoms with Crippen LogP contribution in [0.1, 0.15) is 18.1 Å². The SMILES string of the molecule is CCn1c2ccccc2c2cc(NC(=O)CN(c3ccccc3C)S(=O)(=O)c3ccc(C)cc3)ccc21. The van der Waals surface area contributed by atoms with Crippen molar-refractivity contribution in [2.75, 3.05) is 16.2 Å². The lowest BCUT2D eigenvalue weighted by Gasteiger charge is -2.25. The van der Waals surface area contributed by atoms with Crippen LogP contribution in [0, 0.1) is 13.8 Å². The number of carbonyl (C=O) groups excluding carboxylic acids is 1. The van der Waals surface area contributed by atoms with Gasteiger partial charge in [0.15, 0.2) is 0 Å². The number of carbonyl (C=O) groups is 1. The highest BCUT2D eigenvalue weighted by Crippen LogP contribution is 2.31. The highest BCUT2D eigenvalue weighted by atomic mass is 32.2. The first-order valence-electron chi connectivity index (χ1n) is 12.3. The summed E-state index contributed by atoms with van der Waals surface area (Å²) in [5.74, 6) is -0.419. The monoisotopic (exact) mass is 511 g/mol. The number of fused-ring (bicyclic) bond motifs is 3. The van der Waals surface area contributed by atoms with Gasteiger partial charge in [0.25, 0.3) is 10.0 Å². The summed E-state index contributed by atoms with van der Waals surface area (Å²) in [6, 6.07) is 27.8. The van der Waals surface area contributed by atoms with Crippen molar-refractivity contribution in [2.24, 2.45) is 0 Å². The largest absolute Gasteiger partial charge is 0.341 e. The number of anilines is 2. The summed E-state index contributed by atoms with van der Waals surface area (Å²) in [6.45, 7) is 6.32. The van der Waals surface area contributed by atoms with Crippen molar-refractivity contribution in [2.45, 2.75) is 32.2 Å². The minimum Gasteiger partial charge on any atom is -0.341 e. The van der Waals surface area contributed by atoms with Crippen LogP contribution in [0.4, 0.5) is 11.4 Å². The van der Waals surface area contributed by atoms with Gasteiger partial charge in [-0.1, -0.05) is 54.1 Å². The van der Waals surface area contributed by atoms with E-state index in [1.807, 2.05) is 56.3 Å². The first kappa shape index (κ1) is 24.6. The Balaban J connectivity index is 1.49. The first-order chi connectivity index (χ1) is 17.8. The van der Waals surface area contributed by atoms with Gasteiger partial charge in [-0.2, -0.15) is 0 Å². The molecule has 0 unspecified atom stereocenters. The summed E-state index contributed by atoms with van der Waals surface area (Å²) in [5.41, 5.74) is 5.04. The third-order valence-corrected chi connectivity index (χ3v) is 8.43. The van der Waals surface area contributed by atoms with E-state index in [0.29, 0.717) is 11.4 Å². The van der Waals surface area contributed by atoms with E-state index in [1.165, 1.54) is 4.31 Å². The molecule has 0 spiro atoms. The molecule has 0 fully saturated rings. The average Bonchev–Trinajstić information content (AvgIpc) is 3.21. The lowest BCUT2D eigenvalue weighted by atomic mass is 10.1. The molecule has 0 saturated carbocycles. The number of rotatable bonds is 7. The maximum Gasteiger partial charge on any atom is 0.264 e. The average molecular weight is 512 g/mol. The molecule has 1 aromatic heterocycles. The van der Waals surface area contributed by atoms with Crippen molar-refractivity contribution in [1.82, 2.24) is 4.57 Å². The van der Waals surface area contributed by atoms with Gasteiger partial charge in [-0.25, -0.2) is 8.42 Å². The Labute approximate surface area is 217 Å². The number of para-hydroxylation sites is 2. The zero-order chi connectivity index (χ0) is 26.2. The first-order valence-corrected chi connectivity index (χ1v) is 13.7. The van der Waals surface area contributed by atoms with Gasteiger partial charge in [0.2, 0.25) is 5.91 Å². The number of benzene rings is 4. The Morgan fingerprint density at radius 2 is 1.51 bits per heavy atom. The summed E-state index contributed by atoms with van der Waals surface area (Å²) in [5, 5.41) is 5.07. The number of nitrogens with zero attached hydrogens (tertiary/aromatic N) is 2. The van der Waals surface area contributed by atoms with Gasteiger partial charge in [-0.15, -0.1) is 0 Å². The fourth-order valence-corrected chi connectivity index (χ4v) is 6.27. The number of sulfonamides is 1. The number of aromatic nitrogens is 1. The topological polar surface area (TPSA) is 71.4 Å². The molecule has 188 valence electrons. The van der Waals surface area contributed by atoms with E-state index in [4.69, 9.17) is 0 Å². The van der Waals surface area contributed by atoms with E-state index in [9.17, 15) is 13.2 Å². The van der Waals surface area contributed by atoms with Crippen molar-refractivity contribution in [3.8, 4) is 0 Å². The molecular formula is C30H29N3O3S. The van der Waals surface area contributed by atoms with Gasteiger partial charge in [0.05, 0.1) is 10.6 Å². The van der Waals surface area contributed by atoms with Gasteiger partial charge in [0, 0.05) is 34.0 Å². The molecule has 1 heterocycles. The zero-order valence-corrected chi connectivity index (χ0v) is 21.9. The van der Waals surface area contributed by atoms with Crippen molar-refractivity contribution in [1.29, 1.82) is 0 Å². The minimum atomic E-state index is -3.98. The molecule has 5 aromatic rings. The lowest BCUT2D eigenvalue weighted by Crippen LogP contribution is -2.38. The molecule has 5 rings (SSSR count). The highest BCUT2D eigenvalue weighted by Gasteiger charge is 2.28. The molecule has 6 nitrogen and oxygen atoms in total. The van der Waals surface area contributed by atoms with E-state index >= 15 is 0 Å². The second kappa shape index (κ2) is 9.75.